The van der Waals surface area contributed by atoms with Crippen molar-refractivity contribution >= 4 is 22.9 Å². The van der Waals surface area contributed by atoms with Crippen molar-refractivity contribution in [2.75, 3.05) is 13.1 Å². The van der Waals surface area contributed by atoms with Gasteiger partial charge in [0.05, 0.1) is 29.5 Å². The number of amides is 1. The lowest BCUT2D eigenvalue weighted by molar-refractivity contribution is -0.131. The highest BCUT2D eigenvalue weighted by molar-refractivity contribution is 7.10. The average molecular weight is 440 g/mol. The molecule has 5 rings (SSSR count). The minimum atomic E-state index is -0.0729. The molecule has 3 aromatic heterocycles. The van der Waals surface area contributed by atoms with Crippen LogP contribution in [0.1, 0.15) is 66.0 Å². The van der Waals surface area contributed by atoms with Gasteiger partial charge in [0.2, 0.25) is 5.91 Å². The van der Waals surface area contributed by atoms with E-state index in [1.54, 1.807) is 9.42 Å². The number of hydrogen-bond acceptors (Lipinski definition) is 5. The molecule has 0 bridgehead atoms. The highest BCUT2D eigenvalue weighted by atomic mass is 32.1. The molecule has 1 N–H and O–H groups in total. The van der Waals surface area contributed by atoms with Crippen LogP contribution in [0.2, 0.25) is 0 Å². The number of piperidine rings is 1. The Kier molecular flexibility index (Phi) is 5.44. The third kappa shape index (κ3) is 3.72. The second-order valence-electron chi connectivity index (χ2n) is 8.67. The molecule has 1 amide bonds. The number of carbonyl (C=O) groups excluding carboxylic acids is 1. The fraction of sp³-hybridized carbons (Fsp3) is 0.522. The number of aromatic nitrogens is 3. The number of nitrogens with zero attached hydrogens (tertiary/aromatic N) is 4. The number of thiophene rings is 1. The minimum Gasteiger partial charge on any atom is -0.338 e. The monoisotopic (exact) mass is 439 g/mol. The lowest BCUT2D eigenvalue weighted by Gasteiger charge is -2.34. The summed E-state index contributed by atoms with van der Waals surface area (Å²) in [5.74, 6) is 0.0871. The van der Waals surface area contributed by atoms with Crippen molar-refractivity contribution in [3.8, 4) is 0 Å². The summed E-state index contributed by atoms with van der Waals surface area (Å²) in [5, 5.41) is 5.53. The van der Waals surface area contributed by atoms with E-state index in [4.69, 9.17) is 4.98 Å². The van der Waals surface area contributed by atoms with Crippen LogP contribution in [-0.4, -0.2) is 43.4 Å². The predicted octanol–water partition coefficient (Wildman–Crippen LogP) is 3.41. The molecule has 1 atom stereocenters. The van der Waals surface area contributed by atoms with Crippen LogP contribution in [-0.2, 0) is 24.3 Å². The quantitative estimate of drug-likeness (QED) is 0.676. The largest absolute Gasteiger partial charge is 0.338 e. The summed E-state index contributed by atoms with van der Waals surface area (Å²) in [6.45, 7) is 7.03. The van der Waals surface area contributed by atoms with Crippen molar-refractivity contribution < 1.29 is 4.79 Å². The van der Waals surface area contributed by atoms with Crippen molar-refractivity contribution in [2.45, 2.75) is 65.1 Å². The summed E-state index contributed by atoms with van der Waals surface area (Å²) in [6.07, 6.45) is 4.56. The lowest BCUT2D eigenvalue weighted by atomic mass is 9.99. The number of fused-ring (bicyclic) bond motifs is 2. The number of hydrogen-bond donors (Lipinski definition) is 1. The van der Waals surface area contributed by atoms with E-state index in [0.717, 1.165) is 30.9 Å². The number of aromatic amines is 1. The van der Waals surface area contributed by atoms with Crippen LogP contribution in [0.3, 0.4) is 0 Å². The lowest BCUT2D eigenvalue weighted by Crippen LogP contribution is -2.40. The first kappa shape index (κ1) is 20.5. The molecule has 8 heteroatoms. The highest BCUT2D eigenvalue weighted by Gasteiger charge is 2.28. The summed E-state index contributed by atoms with van der Waals surface area (Å²) >= 11 is 1.82. The maximum atomic E-state index is 13.2. The fourth-order valence-corrected chi connectivity index (χ4v) is 5.82. The second-order valence-corrected chi connectivity index (χ2v) is 9.68. The normalized spacial score (nSPS) is 19.7. The van der Waals surface area contributed by atoms with E-state index >= 15 is 0 Å². The van der Waals surface area contributed by atoms with Crippen molar-refractivity contribution in [2.24, 2.45) is 0 Å². The molecule has 7 nitrogen and oxygen atoms in total. The molecule has 164 valence electrons. The van der Waals surface area contributed by atoms with Crippen LogP contribution < -0.4 is 5.56 Å². The summed E-state index contributed by atoms with van der Waals surface area (Å²) < 4.78 is 1.58. The van der Waals surface area contributed by atoms with E-state index in [-0.39, 0.29) is 17.5 Å². The number of rotatable bonds is 4. The fourth-order valence-electron chi connectivity index (χ4n) is 4.89. The molecule has 0 aromatic carbocycles. The Labute approximate surface area is 185 Å². The third-order valence-corrected chi connectivity index (χ3v) is 7.73. The van der Waals surface area contributed by atoms with Gasteiger partial charge in [-0.05, 0) is 43.3 Å². The molecule has 31 heavy (non-hydrogen) atoms. The molecule has 0 saturated carbocycles. The van der Waals surface area contributed by atoms with E-state index in [1.165, 1.54) is 23.3 Å². The van der Waals surface area contributed by atoms with Crippen molar-refractivity contribution in [1.82, 2.24) is 24.4 Å². The summed E-state index contributed by atoms with van der Waals surface area (Å²) in [5.41, 5.74) is 4.51. The minimum absolute atomic E-state index is 0.0729. The van der Waals surface area contributed by atoms with Gasteiger partial charge in [0.15, 0.2) is 5.65 Å². The van der Waals surface area contributed by atoms with Crippen molar-refractivity contribution in [1.29, 1.82) is 0 Å². The van der Waals surface area contributed by atoms with E-state index < -0.39 is 0 Å². The van der Waals surface area contributed by atoms with Gasteiger partial charge in [0.25, 0.3) is 5.56 Å². The van der Waals surface area contributed by atoms with Gasteiger partial charge in [-0.3, -0.25) is 19.6 Å². The Balaban J connectivity index is 1.48. The molecule has 1 saturated heterocycles. The molecule has 2 aliphatic rings. The van der Waals surface area contributed by atoms with E-state index in [2.05, 4.69) is 34.4 Å². The van der Waals surface area contributed by atoms with Gasteiger partial charge >= 0.3 is 0 Å². The number of nitrogens with one attached hydrogen (secondary N) is 1. The van der Waals surface area contributed by atoms with E-state index in [9.17, 15) is 9.59 Å². The molecule has 0 radical (unpaired) electrons. The van der Waals surface area contributed by atoms with Gasteiger partial charge in [0.1, 0.15) is 0 Å². The SMILES string of the molecule is CCC(=O)N1CCc2nc3cc(C4CCCCN4Cc4sccc4C)[nH]n3c(=O)c2C1. The van der Waals surface area contributed by atoms with Crippen molar-refractivity contribution in [3.63, 3.8) is 0 Å². The van der Waals surface area contributed by atoms with Crippen molar-refractivity contribution in [3.05, 3.63) is 55.3 Å². The first-order valence-electron chi connectivity index (χ1n) is 11.2. The average Bonchev–Trinajstić information content (AvgIpc) is 3.40. The van der Waals surface area contributed by atoms with E-state index in [0.29, 0.717) is 37.1 Å². The zero-order valence-electron chi connectivity index (χ0n) is 18.2. The predicted molar refractivity (Wildman–Crippen MR) is 121 cm³/mol. The van der Waals surface area contributed by atoms with Gasteiger partial charge in [0, 0.05) is 36.9 Å². The van der Waals surface area contributed by atoms with Gasteiger partial charge < -0.3 is 4.90 Å². The first-order chi connectivity index (χ1) is 15.0. The van der Waals surface area contributed by atoms with Crippen LogP contribution in [0.5, 0.6) is 0 Å². The molecule has 0 spiro atoms. The maximum absolute atomic E-state index is 13.2. The zero-order chi connectivity index (χ0) is 21.5. The Morgan fingerprint density at radius 3 is 2.97 bits per heavy atom. The zero-order valence-corrected chi connectivity index (χ0v) is 19.0. The maximum Gasteiger partial charge on any atom is 0.277 e. The molecule has 1 fully saturated rings. The van der Waals surface area contributed by atoms with Crippen LogP contribution >= 0.6 is 11.3 Å². The topological polar surface area (TPSA) is 73.7 Å². The van der Waals surface area contributed by atoms with Gasteiger partial charge in [-0.1, -0.05) is 13.3 Å². The first-order valence-corrected chi connectivity index (χ1v) is 12.1. The number of carbonyl (C=O) groups is 1. The Morgan fingerprint density at radius 2 is 2.19 bits per heavy atom. The standard InChI is InChI=1S/C23H29N5O2S/c1-3-22(29)27-10-7-17-16(13-27)23(30)28-21(24-17)12-18(25-28)19-6-4-5-9-26(19)14-20-15(2)8-11-31-20/h8,11-12,19,25H,3-7,9-10,13-14H2,1-2H3. The number of H-pyrrole nitrogens is 1. The third-order valence-electron chi connectivity index (χ3n) is 6.72. The molecular formula is C23H29N5O2S. The number of aryl methyl sites for hydroxylation is 1. The van der Waals surface area contributed by atoms with E-state index in [1.807, 2.05) is 18.3 Å². The van der Waals surface area contributed by atoms with Crippen LogP contribution in [0.4, 0.5) is 0 Å². The second kappa shape index (κ2) is 8.24. The van der Waals surface area contributed by atoms with Gasteiger partial charge in [-0.2, -0.15) is 0 Å². The van der Waals surface area contributed by atoms with Gasteiger partial charge in [-0.15, -0.1) is 11.3 Å². The highest BCUT2D eigenvalue weighted by Crippen LogP contribution is 2.33. The van der Waals surface area contributed by atoms with Crippen LogP contribution in [0, 0.1) is 6.92 Å². The molecule has 3 aromatic rings. The Morgan fingerprint density at radius 1 is 1.32 bits per heavy atom. The van der Waals surface area contributed by atoms with Crippen LogP contribution in [0.25, 0.3) is 5.65 Å². The Bertz CT molecular complexity index is 1180. The van der Waals surface area contributed by atoms with Gasteiger partial charge in [-0.25, -0.2) is 9.50 Å². The smallest absolute Gasteiger partial charge is 0.277 e. The summed E-state index contributed by atoms with van der Waals surface area (Å²) in [7, 11) is 0. The summed E-state index contributed by atoms with van der Waals surface area (Å²) in [6, 6.07) is 4.49. The Hall–Kier alpha value is -2.45. The molecule has 0 aliphatic carbocycles. The van der Waals surface area contributed by atoms with Crippen LogP contribution in [0.15, 0.2) is 22.3 Å². The molecule has 2 aliphatic heterocycles. The molecule has 5 heterocycles. The molecular weight excluding hydrogens is 410 g/mol. The number of likely N-dealkylation sites (tertiary alicyclic amines) is 1. The molecule has 1 unspecified atom stereocenters. The summed E-state index contributed by atoms with van der Waals surface area (Å²) in [4.78, 5) is 35.9.